The minimum absolute atomic E-state index is 0.111. The second kappa shape index (κ2) is 10.3. The lowest BCUT2D eigenvalue weighted by atomic mass is 10.2. The Morgan fingerprint density at radius 3 is 2.28 bits per heavy atom. The van der Waals surface area contributed by atoms with Crippen LogP contribution >= 0.6 is 46.4 Å². The van der Waals surface area contributed by atoms with Crippen LogP contribution in [0.4, 0.5) is 0 Å². The average molecular weight is 514 g/mol. The Hall–Kier alpha value is -1.96. The van der Waals surface area contributed by atoms with E-state index in [4.69, 9.17) is 51.1 Å². The summed E-state index contributed by atoms with van der Waals surface area (Å²) >= 11 is 24.7. The van der Waals surface area contributed by atoms with Crippen LogP contribution in [-0.2, 0) is 13.3 Å². The summed E-state index contributed by atoms with van der Waals surface area (Å²) < 4.78 is 7.20. The van der Waals surface area contributed by atoms with Gasteiger partial charge in [-0.2, -0.15) is 5.10 Å². The topological polar surface area (TPSA) is 50.6 Å². The molecule has 168 valence electrons. The van der Waals surface area contributed by atoms with Crippen molar-refractivity contribution in [3.8, 4) is 5.75 Å². The summed E-state index contributed by atoms with van der Waals surface area (Å²) in [7, 11) is 0. The molecular formula is C22H20Cl4N4O2. The number of ether oxygens (including phenoxy) is 1. The number of aromatic nitrogens is 2. The summed E-state index contributed by atoms with van der Waals surface area (Å²) in [6, 6.07) is 12.3. The first kappa shape index (κ1) is 23.2. The molecule has 1 amide bonds. The Kier molecular flexibility index (Phi) is 7.48. The van der Waals surface area contributed by atoms with Crippen LogP contribution in [0.25, 0.3) is 0 Å². The molecule has 1 fully saturated rings. The van der Waals surface area contributed by atoms with Crippen molar-refractivity contribution in [2.75, 3.05) is 26.2 Å². The lowest BCUT2D eigenvalue weighted by Crippen LogP contribution is -2.48. The van der Waals surface area contributed by atoms with Crippen molar-refractivity contribution in [2.45, 2.75) is 13.3 Å². The molecule has 0 bridgehead atoms. The van der Waals surface area contributed by atoms with E-state index in [1.54, 1.807) is 40.0 Å². The molecule has 0 aliphatic carbocycles. The lowest BCUT2D eigenvalue weighted by Gasteiger charge is -2.34. The Morgan fingerprint density at radius 2 is 1.56 bits per heavy atom. The second-order valence-electron chi connectivity index (χ2n) is 7.33. The first-order chi connectivity index (χ1) is 15.4. The number of nitrogens with zero attached hydrogens (tertiary/aromatic N) is 4. The molecule has 32 heavy (non-hydrogen) atoms. The van der Waals surface area contributed by atoms with Crippen molar-refractivity contribution in [1.82, 2.24) is 19.6 Å². The predicted molar refractivity (Wildman–Crippen MR) is 127 cm³/mol. The molecule has 1 saturated heterocycles. The minimum atomic E-state index is -0.111. The standard InChI is InChI=1S/C22H20Cl4N4O2/c23-16-3-1-4-17(24)15(16)13-28-9-11-29(12-10-28)22(31)19-7-8-30(27-19)14-32-20-6-2-5-18(25)21(20)26/h1-8H,9-14H2. The lowest BCUT2D eigenvalue weighted by molar-refractivity contribution is 0.0621. The number of rotatable bonds is 6. The third kappa shape index (κ3) is 5.33. The fraction of sp³-hybridized carbons (Fsp3) is 0.273. The summed E-state index contributed by atoms with van der Waals surface area (Å²) in [4.78, 5) is 16.9. The summed E-state index contributed by atoms with van der Waals surface area (Å²) in [6.07, 6.45) is 1.70. The van der Waals surface area contributed by atoms with Crippen molar-refractivity contribution >= 4 is 52.3 Å². The second-order valence-corrected chi connectivity index (χ2v) is 8.93. The zero-order valence-electron chi connectivity index (χ0n) is 17.0. The van der Waals surface area contributed by atoms with E-state index in [9.17, 15) is 4.79 Å². The number of amides is 1. The fourth-order valence-corrected chi connectivity index (χ4v) is 4.32. The summed E-state index contributed by atoms with van der Waals surface area (Å²) in [5.74, 6) is 0.345. The number of carbonyl (C=O) groups is 1. The van der Waals surface area contributed by atoms with E-state index < -0.39 is 0 Å². The van der Waals surface area contributed by atoms with Gasteiger partial charge in [-0.3, -0.25) is 9.69 Å². The third-order valence-electron chi connectivity index (χ3n) is 5.23. The molecule has 0 saturated carbocycles. The van der Waals surface area contributed by atoms with Gasteiger partial charge in [0.15, 0.2) is 12.4 Å². The maximum atomic E-state index is 12.9. The molecule has 1 aromatic heterocycles. The molecule has 4 rings (SSSR count). The predicted octanol–water partition coefficient (Wildman–Crippen LogP) is 5.49. The van der Waals surface area contributed by atoms with Crippen molar-refractivity contribution in [3.05, 3.63) is 80.0 Å². The van der Waals surface area contributed by atoms with Gasteiger partial charge in [0.05, 0.1) is 5.02 Å². The maximum Gasteiger partial charge on any atom is 0.274 e. The number of piperazine rings is 1. The Labute approximate surface area is 206 Å². The van der Waals surface area contributed by atoms with E-state index in [0.717, 1.165) is 18.7 Å². The summed E-state index contributed by atoms with van der Waals surface area (Å²) in [5, 5.41) is 6.40. The monoisotopic (exact) mass is 512 g/mol. The van der Waals surface area contributed by atoms with E-state index >= 15 is 0 Å². The largest absolute Gasteiger partial charge is 0.470 e. The molecule has 10 heteroatoms. The van der Waals surface area contributed by atoms with Gasteiger partial charge in [0, 0.05) is 54.5 Å². The van der Waals surface area contributed by atoms with Gasteiger partial charge in [-0.1, -0.05) is 58.5 Å². The Balaban J connectivity index is 1.31. The fourth-order valence-electron chi connectivity index (χ4n) is 3.46. The first-order valence-electron chi connectivity index (χ1n) is 9.97. The van der Waals surface area contributed by atoms with Crippen molar-refractivity contribution < 1.29 is 9.53 Å². The molecule has 1 aliphatic heterocycles. The molecule has 2 heterocycles. The van der Waals surface area contributed by atoms with Crippen LogP contribution in [0, 0.1) is 0 Å². The molecule has 0 N–H and O–H groups in total. The molecule has 6 nitrogen and oxygen atoms in total. The van der Waals surface area contributed by atoms with Gasteiger partial charge in [0.25, 0.3) is 5.91 Å². The molecule has 3 aromatic rings. The van der Waals surface area contributed by atoms with E-state index in [2.05, 4.69) is 10.00 Å². The molecule has 2 aromatic carbocycles. The van der Waals surface area contributed by atoms with Gasteiger partial charge >= 0.3 is 0 Å². The van der Waals surface area contributed by atoms with E-state index in [1.165, 1.54) is 0 Å². The van der Waals surface area contributed by atoms with Gasteiger partial charge in [-0.25, -0.2) is 4.68 Å². The van der Waals surface area contributed by atoms with Crippen LogP contribution < -0.4 is 4.74 Å². The van der Waals surface area contributed by atoms with Crippen molar-refractivity contribution in [2.24, 2.45) is 0 Å². The Morgan fingerprint density at radius 1 is 0.906 bits per heavy atom. The summed E-state index contributed by atoms with van der Waals surface area (Å²) in [6.45, 7) is 3.41. The minimum Gasteiger partial charge on any atom is -0.470 e. The molecule has 1 aliphatic rings. The van der Waals surface area contributed by atoms with Crippen LogP contribution in [0.3, 0.4) is 0 Å². The third-order valence-corrected chi connectivity index (χ3v) is 6.74. The van der Waals surface area contributed by atoms with E-state index in [-0.39, 0.29) is 12.6 Å². The molecular weight excluding hydrogens is 494 g/mol. The first-order valence-corrected chi connectivity index (χ1v) is 11.5. The molecule has 0 atom stereocenters. The average Bonchev–Trinajstić information content (AvgIpc) is 3.26. The van der Waals surface area contributed by atoms with Crippen LogP contribution in [0.2, 0.25) is 20.1 Å². The number of benzene rings is 2. The molecule has 0 unspecified atom stereocenters. The van der Waals surface area contributed by atoms with Gasteiger partial charge in [0.1, 0.15) is 10.8 Å². The van der Waals surface area contributed by atoms with Crippen LogP contribution in [0.15, 0.2) is 48.7 Å². The molecule has 0 radical (unpaired) electrons. The zero-order chi connectivity index (χ0) is 22.7. The van der Waals surface area contributed by atoms with Gasteiger partial charge in [-0.05, 0) is 30.3 Å². The quantitative estimate of drug-likeness (QED) is 0.437. The highest BCUT2D eigenvalue weighted by molar-refractivity contribution is 6.42. The van der Waals surface area contributed by atoms with Gasteiger partial charge in [-0.15, -0.1) is 0 Å². The zero-order valence-corrected chi connectivity index (χ0v) is 20.0. The van der Waals surface area contributed by atoms with E-state index in [0.29, 0.717) is 51.2 Å². The van der Waals surface area contributed by atoms with Gasteiger partial charge in [0.2, 0.25) is 0 Å². The van der Waals surface area contributed by atoms with Gasteiger partial charge < -0.3 is 9.64 Å². The molecule has 0 spiro atoms. The highest BCUT2D eigenvalue weighted by atomic mass is 35.5. The van der Waals surface area contributed by atoms with Crippen LogP contribution in [0.5, 0.6) is 5.75 Å². The van der Waals surface area contributed by atoms with Crippen molar-refractivity contribution in [3.63, 3.8) is 0 Å². The smallest absolute Gasteiger partial charge is 0.274 e. The van der Waals surface area contributed by atoms with Crippen molar-refractivity contribution in [1.29, 1.82) is 0 Å². The number of carbonyl (C=O) groups excluding carboxylic acids is 1. The highest BCUT2D eigenvalue weighted by Gasteiger charge is 2.24. The van der Waals surface area contributed by atoms with E-state index in [1.807, 2.05) is 18.2 Å². The van der Waals surface area contributed by atoms with Crippen LogP contribution in [-0.4, -0.2) is 51.7 Å². The number of hydrogen-bond donors (Lipinski definition) is 0. The highest BCUT2D eigenvalue weighted by Crippen LogP contribution is 2.31. The number of halogens is 4. The Bertz CT molecular complexity index is 1090. The van der Waals surface area contributed by atoms with Crippen LogP contribution in [0.1, 0.15) is 16.1 Å². The maximum absolute atomic E-state index is 12.9. The SMILES string of the molecule is O=C(c1ccn(COc2cccc(Cl)c2Cl)n1)N1CCN(Cc2c(Cl)cccc2Cl)CC1. The number of hydrogen-bond acceptors (Lipinski definition) is 4. The normalized spacial score (nSPS) is 14.6. The summed E-state index contributed by atoms with van der Waals surface area (Å²) in [5.41, 5.74) is 1.28.